The highest BCUT2D eigenvalue weighted by Crippen LogP contribution is 2.47. The summed E-state index contributed by atoms with van der Waals surface area (Å²) >= 11 is 0. The van der Waals surface area contributed by atoms with Gasteiger partial charge in [-0.15, -0.1) is 0 Å². The fourth-order valence-corrected chi connectivity index (χ4v) is 4.04. The van der Waals surface area contributed by atoms with Crippen molar-refractivity contribution in [3.05, 3.63) is 11.3 Å². The largest absolute Gasteiger partial charge is 0.477 e. The molecule has 0 aromatic carbocycles. The van der Waals surface area contributed by atoms with Crippen LogP contribution in [-0.4, -0.2) is 63.7 Å². The van der Waals surface area contributed by atoms with Crippen molar-refractivity contribution in [3.8, 4) is 0 Å². The summed E-state index contributed by atoms with van der Waals surface area (Å²) in [4.78, 5) is 27.4. The topological polar surface area (TPSA) is 81.1 Å². The molecule has 3 aliphatic rings. The second kappa shape index (κ2) is 5.10. The predicted molar refractivity (Wildman–Crippen MR) is 75.3 cm³/mol. The molecule has 0 aromatic rings. The molecule has 0 spiro atoms. The number of carbonyl (C=O) groups excluding carboxylic acids is 1. The van der Waals surface area contributed by atoms with Crippen molar-refractivity contribution in [1.29, 1.82) is 0 Å². The van der Waals surface area contributed by atoms with Crippen molar-refractivity contribution in [3.63, 3.8) is 0 Å². The van der Waals surface area contributed by atoms with Crippen LogP contribution >= 0.6 is 0 Å². The van der Waals surface area contributed by atoms with Crippen molar-refractivity contribution >= 4 is 11.9 Å². The SMILES string of the molecule is C[C@@H](O)C1C(=O)N2C(C(=O)O)=C(CN3CCCC3)[C@H](C)[C@H]12. The molecule has 0 saturated carbocycles. The van der Waals surface area contributed by atoms with Gasteiger partial charge in [-0.3, -0.25) is 9.69 Å². The van der Waals surface area contributed by atoms with Crippen molar-refractivity contribution in [2.24, 2.45) is 11.8 Å². The Labute approximate surface area is 124 Å². The number of hydrogen-bond donors (Lipinski definition) is 2. The van der Waals surface area contributed by atoms with Gasteiger partial charge in [-0.1, -0.05) is 6.92 Å². The fraction of sp³-hybridized carbons (Fsp3) is 0.733. The van der Waals surface area contributed by atoms with Crippen LogP contribution in [0.2, 0.25) is 0 Å². The van der Waals surface area contributed by atoms with Crippen molar-refractivity contribution in [2.45, 2.75) is 38.8 Å². The molecule has 116 valence electrons. The summed E-state index contributed by atoms with van der Waals surface area (Å²) in [5.41, 5.74) is 0.993. The summed E-state index contributed by atoms with van der Waals surface area (Å²) in [5.74, 6) is -1.76. The van der Waals surface area contributed by atoms with Crippen LogP contribution in [0.15, 0.2) is 11.3 Å². The summed E-state index contributed by atoms with van der Waals surface area (Å²) in [6, 6.07) is -0.193. The van der Waals surface area contributed by atoms with Crippen LogP contribution in [0.25, 0.3) is 0 Å². The molecule has 0 bridgehead atoms. The molecule has 3 heterocycles. The van der Waals surface area contributed by atoms with Gasteiger partial charge in [0.2, 0.25) is 5.91 Å². The van der Waals surface area contributed by atoms with E-state index < -0.39 is 18.0 Å². The Bertz CT molecular complexity index is 508. The van der Waals surface area contributed by atoms with Gasteiger partial charge in [0.25, 0.3) is 0 Å². The average Bonchev–Trinajstić information content (AvgIpc) is 2.97. The van der Waals surface area contributed by atoms with Gasteiger partial charge in [0, 0.05) is 12.5 Å². The summed E-state index contributed by atoms with van der Waals surface area (Å²) in [7, 11) is 0. The monoisotopic (exact) mass is 294 g/mol. The highest BCUT2D eigenvalue weighted by atomic mass is 16.4. The van der Waals surface area contributed by atoms with Gasteiger partial charge in [0.15, 0.2) is 0 Å². The highest BCUT2D eigenvalue weighted by Gasteiger charge is 2.59. The molecule has 21 heavy (non-hydrogen) atoms. The molecule has 2 fully saturated rings. The number of carboxylic acids is 1. The summed E-state index contributed by atoms with van der Waals surface area (Å²) in [5, 5.41) is 19.3. The Morgan fingerprint density at radius 2 is 2.00 bits per heavy atom. The van der Waals surface area contributed by atoms with Crippen LogP contribution in [0, 0.1) is 11.8 Å². The number of aliphatic hydroxyl groups is 1. The number of fused-ring (bicyclic) bond motifs is 1. The van der Waals surface area contributed by atoms with Gasteiger partial charge in [-0.2, -0.15) is 0 Å². The van der Waals surface area contributed by atoms with Gasteiger partial charge in [-0.05, 0) is 38.4 Å². The third-order valence-corrected chi connectivity index (χ3v) is 5.11. The van der Waals surface area contributed by atoms with Gasteiger partial charge < -0.3 is 15.1 Å². The molecular formula is C15H22N2O4. The first-order valence-electron chi connectivity index (χ1n) is 7.63. The van der Waals surface area contributed by atoms with E-state index in [2.05, 4.69) is 4.90 Å². The number of aliphatic carboxylic acids is 1. The zero-order chi connectivity index (χ0) is 15.3. The number of rotatable bonds is 4. The Morgan fingerprint density at radius 3 is 2.52 bits per heavy atom. The van der Waals surface area contributed by atoms with E-state index in [-0.39, 0.29) is 23.6 Å². The minimum Gasteiger partial charge on any atom is -0.477 e. The summed E-state index contributed by atoms with van der Waals surface area (Å²) < 4.78 is 0. The number of nitrogens with zero attached hydrogens (tertiary/aromatic N) is 2. The van der Waals surface area contributed by atoms with Crippen LogP contribution in [0.1, 0.15) is 26.7 Å². The number of carbonyl (C=O) groups is 2. The maximum Gasteiger partial charge on any atom is 0.352 e. The number of β-lactam (4-membered cyclic amide) rings is 1. The molecule has 2 saturated heterocycles. The molecule has 3 rings (SSSR count). The molecule has 0 radical (unpaired) electrons. The van der Waals surface area contributed by atoms with Crippen LogP contribution in [-0.2, 0) is 9.59 Å². The maximum atomic E-state index is 12.2. The number of carboxylic acid groups (broad SMARTS) is 1. The van der Waals surface area contributed by atoms with E-state index in [1.54, 1.807) is 6.92 Å². The van der Waals surface area contributed by atoms with E-state index in [0.717, 1.165) is 31.5 Å². The first kappa shape index (κ1) is 14.5. The summed E-state index contributed by atoms with van der Waals surface area (Å²) in [6.45, 7) is 6.17. The quantitative estimate of drug-likeness (QED) is 0.728. The highest BCUT2D eigenvalue weighted by molar-refractivity contribution is 6.00. The smallest absolute Gasteiger partial charge is 0.352 e. The van der Waals surface area contributed by atoms with Crippen molar-refractivity contribution in [1.82, 2.24) is 9.80 Å². The van der Waals surface area contributed by atoms with Gasteiger partial charge in [0.05, 0.1) is 18.1 Å². The number of likely N-dealkylation sites (tertiary alicyclic amines) is 1. The molecule has 0 aromatic heterocycles. The van der Waals surface area contributed by atoms with E-state index >= 15 is 0 Å². The van der Waals surface area contributed by atoms with Gasteiger partial charge in [0.1, 0.15) is 5.70 Å². The lowest BCUT2D eigenvalue weighted by atomic mass is 9.77. The molecule has 6 heteroatoms. The second-order valence-corrected chi connectivity index (χ2v) is 6.42. The molecule has 2 N–H and O–H groups in total. The Balaban J connectivity index is 1.89. The number of amides is 1. The molecular weight excluding hydrogens is 272 g/mol. The molecule has 4 atom stereocenters. The normalized spacial score (nSPS) is 34.1. The zero-order valence-corrected chi connectivity index (χ0v) is 12.5. The Kier molecular flexibility index (Phi) is 3.53. The third kappa shape index (κ3) is 2.08. The molecule has 3 aliphatic heterocycles. The summed E-state index contributed by atoms with van der Waals surface area (Å²) in [6.07, 6.45) is 1.56. The molecule has 1 amide bonds. The fourth-order valence-electron chi connectivity index (χ4n) is 4.04. The van der Waals surface area contributed by atoms with E-state index in [1.165, 1.54) is 4.90 Å². The number of aliphatic hydroxyl groups excluding tert-OH is 1. The lowest BCUT2D eigenvalue weighted by Crippen LogP contribution is -2.63. The zero-order valence-electron chi connectivity index (χ0n) is 12.5. The maximum absolute atomic E-state index is 12.2. The van der Waals surface area contributed by atoms with E-state index in [1.807, 2.05) is 6.92 Å². The Hall–Kier alpha value is -1.40. The minimum absolute atomic E-state index is 0.00556. The number of hydrogen-bond acceptors (Lipinski definition) is 4. The second-order valence-electron chi connectivity index (χ2n) is 6.42. The van der Waals surface area contributed by atoms with E-state index in [4.69, 9.17) is 0 Å². The first-order valence-corrected chi connectivity index (χ1v) is 7.63. The minimum atomic E-state index is -1.03. The lowest BCUT2D eigenvalue weighted by Gasteiger charge is -2.46. The lowest BCUT2D eigenvalue weighted by molar-refractivity contribution is -0.163. The van der Waals surface area contributed by atoms with Crippen LogP contribution in [0.4, 0.5) is 0 Å². The van der Waals surface area contributed by atoms with Crippen LogP contribution in [0.5, 0.6) is 0 Å². The van der Waals surface area contributed by atoms with Crippen molar-refractivity contribution in [2.75, 3.05) is 19.6 Å². The van der Waals surface area contributed by atoms with Crippen molar-refractivity contribution < 1.29 is 19.8 Å². The first-order chi connectivity index (χ1) is 9.93. The van der Waals surface area contributed by atoms with E-state index in [0.29, 0.717) is 6.54 Å². The predicted octanol–water partition coefficient (Wildman–Crippen LogP) is 0.278. The molecule has 1 unspecified atom stereocenters. The van der Waals surface area contributed by atoms with Crippen LogP contribution in [0.3, 0.4) is 0 Å². The molecule has 0 aliphatic carbocycles. The Morgan fingerprint density at radius 1 is 1.38 bits per heavy atom. The average molecular weight is 294 g/mol. The van der Waals surface area contributed by atoms with Gasteiger partial charge >= 0.3 is 5.97 Å². The van der Waals surface area contributed by atoms with Crippen LogP contribution < -0.4 is 0 Å². The third-order valence-electron chi connectivity index (χ3n) is 5.11. The van der Waals surface area contributed by atoms with E-state index in [9.17, 15) is 19.8 Å². The standard InChI is InChI=1S/C15H22N2O4/c1-8-10(7-16-5-3-4-6-16)13(15(20)21)17-12(8)11(9(2)18)14(17)19/h8-9,11-12,18H,3-7H2,1-2H3,(H,20,21)/t8-,9+,11?,12+/m0/s1. The molecule has 6 nitrogen and oxygen atoms in total. The van der Waals surface area contributed by atoms with Gasteiger partial charge in [-0.25, -0.2) is 4.79 Å².